The van der Waals surface area contributed by atoms with Crippen molar-refractivity contribution in [3.05, 3.63) is 51.0 Å². The second-order valence-corrected chi connectivity index (χ2v) is 3.74. The normalized spacial score (nSPS) is 11.8. The Kier molecular flexibility index (Phi) is 2.87. The number of H-pyrrole nitrogens is 1. The number of aromatic nitrogens is 2. The summed E-state index contributed by atoms with van der Waals surface area (Å²) in [6, 6.07) is 7.52. The molecule has 4 heteroatoms. The molecule has 17 heavy (non-hydrogen) atoms. The van der Waals surface area contributed by atoms with Crippen LogP contribution < -0.4 is 21.1 Å². The van der Waals surface area contributed by atoms with Crippen molar-refractivity contribution < 1.29 is 4.74 Å². The van der Waals surface area contributed by atoms with Crippen LogP contribution >= 0.6 is 0 Å². The molecule has 0 radical (unpaired) electrons. The number of methoxy groups -OCH3 is 1. The second kappa shape index (κ2) is 4.33. The van der Waals surface area contributed by atoms with Crippen LogP contribution in [0.15, 0.2) is 29.1 Å². The molecule has 0 amide bonds. The van der Waals surface area contributed by atoms with E-state index < -0.39 is 0 Å². The number of imidazole rings is 1. The maximum Gasteiger partial charge on any atom is 0.275 e. The molecule has 2 aromatic rings. The zero-order valence-corrected chi connectivity index (χ0v) is 9.86. The summed E-state index contributed by atoms with van der Waals surface area (Å²) in [4.78, 5) is 14.8. The summed E-state index contributed by atoms with van der Waals surface area (Å²) in [5.41, 5.74) is 1.34. The minimum Gasteiger partial charge on any atom is -0.496 e. The Morgan fingerprint density at radius 1 is 1.41 bits per heavy atom. The predicted molar refractivity (Wildman–Crippen MR) is 67.4 cm³/mol. The highest BCUT2D eigenvalue weighted by molar-refractivity contribution is 5.56. The van der Waals surface area contributed by atoms with Crippen LogP contribution in [-0.2, 0) is 7.05 Å². The highest BCUT2D eigenvalue weighted by Crippen LogP contribution is 2.17. The zero-order valence-electron chi connectivity index (χ0n) is 9.86. The molecule has 0 unspecified atom stereocenters. The summed E-state index contributed by atoms with van der Waals surface area (Å²) in [6.45, 7) is 3.74. The van der Waals surface area contributed by atoms with Crippen molar-refractivity contribution in [2.75, 3.05) is 7.11 Å². The van der Waals surface area contributed by atoms with E-state index in [1.807, 2.05) is 24.3 Å². The molecule has 0 aliphatic carbocycles. The van der Waals surface area contributed by atoms with Gasteiger partial charge in [0.05, 0.1) is 7.11 Å². The Hall–Kier alpha value is -2.23. The van der Waals surface area contributed by atoms with Crippen molar-refractivity contribution in [2.24, 2.45) is 7.05 Å². The largest absolute Gasteiger partial charge is 0.496 e. The Morgan fingerprint density at radius 3 is 2.71 bits per heavy atom. The van der Waals surface area contributed by atoms with E-state index in [1.54, 1.807) is 20.2 Å². The molecule has 0 saturated heterocycles. The van der Waals surface area contributed by atoms with Gasteiger partial charge in [-0.25, -0.2) is 0 Å². The third kappa shape index (κ3) is 2.01. The number of rotatable bonds is 2. The van der Waals surface area contributed by atoms with Gasteiger partial charge in [0, 0.05) is 12.6 Å². The molecule has 0 bridgehead atoms. The number of ether oxygens (including phenoxy) is 1. The van der Waals surface area contributed by atoms with Crippen LogP contribution in [0.1, 0.15) is 5.56 Å². The van der Waals surface area contributed by atoms with Gasteiger partial charge in [-0.05, 0) is 12.1 Å². The number of nitrogens with zero attached hydrogens (tertiary/aromatic N) is 1. The van der Waals surface area contributed by atoms with Gasteiger partial charge in [-0.2, -0.15) is 0 Å². The van der Waals surface area contributed by atoms with Crippen LogP contribution in [0.2, 0.25) is 0 Å². The standard InChI is InChI=1S/C13H14N2O2/c1-9-14-11(13(16)15(9)2)8-10-6-4-5-7-12(10)17-3/h4-8,14H,1H2,2-3H3/b11-8-. The van der Waals surface area contributed by atoms with Crippen LogP contribution in [0.25, 0.3) is 12.7 Å². The SMILES string of the molecule is C=c1[nH]/c(=C\c2ccccc2OC)c(=O)n1C. The number of nitrogens with one attached hydrogen (secondary N) is 1. The fraction of sp³-hybridized carbons (Fsp3) is 0.154. The van der Waals surface area contributed by atoms with Crippen LogP contribution in [0.3, 0.4) is 0 Å². The van der Waals surface area contributed by atoms with E-state index >= 15 is 0 Å². The van der Waals surface area contributed by atoms with E-state index in [-0.39, 0.29) is 5.56 Å². The highest BCUT2D eigenvalue weighted by Gasteiger charge is 2.01. The van der Waals surface area contributed by atoms with E-state index in [0.717, 1.165) is 11.3 Å². The second-order valence-electron chi connectivity index (χ2n) is 3.74. The molecule has 88 valence electrons. The first-order valence-electron chi connectivity index (χ1n) is 5.22. The van der Waals surface area contributed by atoms with Gasteiger partial charge in [0.1, 0.15) is 16.6 Å². The van der Waals surface area contributed by atoms with Crippen molar-refractivity contribution in [3.63, 3.8) is 0 Å². The van der Waals surface area contributed by atoms with Crippen LogP contribution in [0, 0.1) is 0 Å². The maximum atomic E-state index is 11.8. The molecule has 0 fully saturated rings. The van der Waals surface area contributed by atoms with E-state index in [1.165, 1.54) is 4.57 Å². The molecule has 0 atom stereocenters. The lowest BCUT2D eigenvalue weighted by molar-refractivity contribution is 0.414. The summed E-state index contributed by atoms with van der Waals surface area (Å²) >= 11 is 0. The molecule has 1 N–H and O–H groups in total. The zero-order chi connectivity index (χ0) is 12.4. The van der Waals surface area contributed by atoms with Crippen molar-refractivity contribution in [1.29, 1.82) is 0 Å². The van der Waals surface area contributed by atoms with Crippen molar-refractivity contribution >= 4 is 12.7 Å². The number of benzene rings is 1. The summed E-state index contributed by atoms with van der Waals surface area (Å²) in [5.74, 6) is 0.731. The van der Waals surface area contributed by atoms with Gasteiger partial charge in [-0.3, -0.25) is 9.36 Å². The monoisotopic (exact) mass is 230 g/mol. The molecule has 0 saturated carbocycles. The summed E-state index contributed by atoms with van der Waals surface area (Å²) in [7, 11) is 3.28. The fourth-order valence-corrected chi connectivity index (χ4v) is 1.64. The first-order valence-corrected chi connectivity index (χ1v) is 5.22. The minimum atomic E-state index is -0.0964. The van der Waals surface area contributed by atoms with Gasteiger partial charge in [-0.1, -0.05) is 24.8 Å². The van der Waals surface area contributed by atoms with Crippen LogP contribution in [0.4, 0.5) is 0 Å². The molecular formula is C13H14N2O2. The molecule has 0 aliphatic heterocycles. The highest BCUT2D eigenvalue weighted by atomic mass is 16.5. The summed E-state index contributed by atoms with van der Waals surface area (Å²) < 4.78 is 6.70. The number of hydrogen-bond donors (Lipinski definition) is 1. The molecule has 2 rings (SSSR count). The van der Waals surface area contributed by atoms with Gasteiger partial charge in [0.15, 0.2) is 0 Å². The fourth-order valence-electron chi connectivity index (χ4n) is 1.64. The third-order valence-electron chi connectivity index (χ3n) is 2.66. The van der Waals surface area contributed by atoms with E-state index in [9.17, 15) is 4.79 Å². The van der Waals surface area contributed by atoms with Crippen molar-refractivity contribution in [1.82, 2.24) is 9.55 Å². The van der Waals surface area contributed by atoms with Crippen LogP contribution in [0.5, 0.6) is 5.75 Å². The molecule has 1 aromatic carbocycles. The van der Waals surface area contributed by atoms with Gasteiger partial charge in [0.25, 0.3) is 5.56 Å². The Balaban J connectivity index is 2.67. The van der Waals surface area contributed by atoms with Gasteiger partial charge >= 0.3 is 0 Å². The van der Waals surface area contributed by atoms with E-state index in [4.69, 9.17) is 4.74 Å². The lowest BCUT2D eigenvalue weighted by atomic mass is 10.2. The molecule has 1 aromatic heterocycles. The Labute approximate surface area is 98.5 Å². The first-order chi connectivity index (χ1) is 8.13. The van der Waals surface area contributed by atoms with Gasteiger partial charge in [-0.15, -0.1) is 0 Å². The molecule has 0 aliphatic rings. The van der Waals surface area contributed by atoms with Crippen LogP contribution in [-0.4, -0.2) is 16.7 Å². The first kappa shape index (κ1) is 11.3. The Bertz CT molecular complexity index is 695. The third-order valence-corrected chi connectivity index (χ3v) is 2.66. The molecule has 1 heterocycles. The Morgan fingerprint density at radius 2 is 2.12 bits per heavy atom. The molecule has 0 spiro atoms. The summed E-state index contributed by atoms with van der Waals surface area (Å²) in [6.07, 6.45) is 1.76. The molecule has 4 nitrogen and oxygen atoms in total. The lowest BCUT2D eigenvalue weighted by Crippen LogP contribution is -2.28. The van der Waals surface area contributed by atoms with Crippen molar-refractivity contribution in [3.8, 4) is 5.75 Å². The van der Waals surface area contributed by atoms with Gasteiger partial charge in [0.2, 0.25) is 0 Å². The predicted octanol–water partition coefficient (Wildman–Crippen LogP) is -0.0389. The number of aromatic amines is 1. The average Bonchev–Trinajstić information content (AvgIpc) is 2.58. The van der Waals surface area contributed by atoms with Gasteiger partial charge < -0.3 is 9.72 Å². The smallest absolute Gasteiger partial charge is 0.275 e. The minimum absolute atomic E-state index is 0.0964. The van der Waals surface area contributed by atoms with Crippen molar-refractivity contribution in [2.45, 2.75) is 0 Å². The summed E-state index contributed by atoms with van der Waals surface area (Å²) in [5, 5.41) is 0.502. The number of para-hydroxylation sites is 1. The average molecular weight is 230 g/mol. The number of hydrogen-bond acceptors (Lipinski definition) is 2. The maximum absolute atomic E-state index is 11.8. The quantitative estimate of drug-likeness (QED) is 0.787. The lowest BCUT2D eigenvalue weighted by Gasteiger charge is -2.02. The molecular weight excluding hydrogens is 216 g/mol. The van der Waals surface area contributed by atoms with E-state index in [0.29, 0.717) is 10.8 Å². The topological polar surface area (TPSA) is 47.0 Å². The van der Waals surface area contributed by atoms with E-state index in [2.05, 4.69) is 11.6 Å².